The summed E-state index contributed by atoms with van der Waals surface area (Å²) in [5.74, 6) is 1.15. The van der Waals surface area contributed by atoms with Gasteiger partial charge in [-0.2, -0.15) is 0 Å². The lowest BCUT2D eigenvalue weighted by Crippen LogP contribution is -2.32. The van der Waals surface area contributed by atoms with Crippen molar-refractivity contribution < 1.29 is 4.79 Å². The van der Waals surface area contributed by atoms with Crippen LogP contribution in [0.1, 0.15) is 64.0 Å². The molecule has 0 atom stereocenters. The number of aromatic nitrogens is 1. The minimum atomic E-state index is 0.344. The number of carbonyl (C=O) groups excluding carboxylic acids is 1. The van der Waals surface area contributed by atoms with Gasteiger partial charge in [0, 0.05) is 31.9 Å². The van der Waals surface area contributed by atoms with E-state index in [1.54, 1.807) is 0 Å². The second kappa shape index (κ2) is 8.26. The fourth-order valence-electron chi connectivity index (χ4n) is 3.28. The van der Waals surface area contributed by atoms with Crippen LogP contribution in [0, 0.1) is 5.92 Å². The average Bonchev–Trinajstić information content (AvgIpc) is 3.13. The molecular weight excluding hydrogens is 260 g/mol. The fourth-order valence-corrected chi connectivity index (χ4v) is 3.28. The number of amides is 1. The Morgan fingerprint density at radius 3 is 2.76 bits per heavy atom. The van der Waals surface area contributed by atoms with Crippen LogP contribution in [0.4, 0.5) is 0 Å². The summed E-state index contributed by atoms with van der Waals surface area (Å²) in [5.41, 5.74) is 1.22. The molecule has 118 valence electrons. The molecule has 3 nitrogen and oxygen atoms in total. The van der Waals surface area contributed by atoms with E-state index in [-0.39, 0.29) is 0 Å². The number of unbranched alkanes of at least 4 members (excludes halogenated alkanes) is 1. The highest BCUT2D eigenvalue weighted by atomic mass is 16.2. The highest BCUT2D eigenvalue weighted by Crippen LogP contribution is 2.28. The zero-order valence-electron chi connectivity index (χ0n) is 13.7. The summed E-state index contributed by atoms with van der Waals surface area (Å²) in [7, 11) is 2.05. The van der Waals surface area contributed by atoms with Gasteiger partial charge >= 0.3 is 0 Å². The fraction of sp³-hybridized carbons (Fsp3) is 0.722. The summed E-state index contributed by atoms with van der Waals surface area (Å²) in [6.45, 7) is 3.84. The first-order valence-corrected chi connectivity index (χ1v) is 8.58. The molecule has 0 aromatic carbocycles. The van der Waals surface area contributed by atoms with Crippen molar-refractivity contribution in [1.29, 1.82) is 0 Å². The van der Waals surface area contributed by atoms with Crippen LogP contribution in [-0.2, 0) is 18.4 Å². The smallest absolute Gasteiger partial charge is 0.222 e. The number of hydrogen-bond acceptors (Lipinski definition) is 1. The summed E-state index contributed by atoms with van der Waals surface area (Å²) in [6.07, 6.45) is 11.5. The van der Waals surface area contributed by atoms with E-state index < -0.39 is 0 Å². The maximum absolute atomic E-state index is 12.6. The molecule has 3 heteroatoms. The maximum atomic E-state index is 12.6. The Balaban J connectivity index is 1.87. The second-order valence-electron chi connectivity index (χ2n) is 6.47. The molecule has 0 aliphatic heterocycles. The monoisotopic (exact) mass is 290 g/mol. The molecule has 1 aromatic heterocycles. The first-order chi connectivity index (χ1) is 10.2. The van der Waals surface area contributed by atoms with Gasteiger partial charge in [0.15, 0.2) is 0 Å². The van der Waals surface area contributed by atoms with Crippen molar-refractivity contribution in [3.05, 3.63) is 24.0 Å². The number of carbonyl (C=O) groups is 1. The molecule has 0 radical (unpaired) electrons. The third-order valence-electron chi connectivity index (χ3n) is 4.78. The van der Waals surface area contributed by atoms with Gasteiger partial charge < -0.3 is 9.47 Å². The Morgan fingerprint density at radius 1 is 1.38 bits per heavy atom. The molecule has 21 heavy (non-hydrogen) atoms. The van der Waals surface area contributed by atoms with Gasteiger partial charge in [0.05, 0.1) is 6.54 Å². The van der Waals surface area contributed by atoms with Crippen molar-refractivity contribution in [3.63, 3.8) is 0 Å². The third-order valence-corrected chi connectivity index (χ3v) is 4.78. The van der Waals surface area contributed by atoms with Crippen molar-refractivity contribution in [2.45, 2.75) is 64.8 Å². The lowest BCUT2D eigenvalue weighted by molar-refractivity contribution is -0.132. The molecule has 0 spiro atoms. The predicted octanol–water partition coefficient (Wildman–Crippen LogP) is 4.12. The van der Waals surface area contributed by atoms with Crippen LogP contribution in [0.5, 0.6) is 0 Å². The molecular formula is C18H30N2O. The molecule has 1 heterocycles. The SMILES string of the molecule is CCCCN(Cc1cccn1C)C(=O)CCC1CCCC1. The normalized spacial score (nSPS) is 15.5. The third kappa shape index (κ3) is 4.90. The molecule has 1 aliphatic rings. The van der Waals surface area contributed by atoms with E-state index in [1.165, 1.54) is 31.4 Å². The molecule has 1 fully saturated rings. The zero-order chi connectivity index (χ0) is 15.1. The molecule has 1 amide bonds. The van der Waals surface area contributed by atoms with E-state index in [1.807, 2.05) is 0 Å². The minimum absolute atomic E-state index is 0.344. The van der Waals surface area contributed by atoms with Crippen LogP contribution in [-0.4, -0.2) is 21.9 Å². The molecule has 1 aliphatic carbocycles. The topological polar surface area (TPSA) is 25.2 Å². The van der Waals surface area contributed by atoms with Crippen molar-refractivity contribution in [3.8, 4) is 0 Å². The summed E-state index contributed by atoms with van der Waals surface area (Å²) >= 11 is 0. The highest BCUT2D eigenvalue weighted by Gasteiger charge is 2.19. The Bertz CT molecular complexity index is 432. The maximum Gasteiger partial charge on any atom is 0.222 e. The molecule has 2 rings (SSSR count). The van der Waals surface area contributed by atoms with E-state index in [4.69, 9.17) is 0 Å². The zero-order valence-corrected chi connectivity index (χ0v) is 13.7. The predicted molar refractivity (Wildman–Crippen MR) is 86.9 cm³/mol. The van der Waals surface area contributed by atoms with Gasteiger partial charge in [-0.25, -0.2) is 0 Å². The van der Waals surface area contributed by atoms with Crippen LogP contribution in [0.25, 0.3) is 0 Å². The van der Waals surface area contributed by atoms with Gasteiger partial charge in [-0.3, -0.25) is 4.79 Å². The second-order valence-corrected chi connectivity index (χ2v) is 6.47. The van der Waals surface area contributed by atoms with Crippen molar-refractivity contribution in [2.75, 3.05) is 6.54 Å². The van der Waals surface area contributed by atoms with E-state index in [0.29, 0.717) is 5.91 Å². The lowest BCUT2D eigenvalue weighted by atomic mass is 10.0. The molecule has 0 N–H and O–H groups in total. The van der Waals surface area contributed by atoms with Crippen LogP contribution >= 0.6 is 0 Å². The summed E-state index contributed by atoms with van der Waals surface area (Å²) < 4.78 is 2.11. The standard InChI is InChI=1S/C18H30N2O/c1-3-4-14-20(15-17-10-7-13-19(17)2)18(21)12-11-16-8-5-6-9-16/h7,10,13,16H,3-6,8-9,11-12,14-15H2,1-2H3. The number of nitrogens with zero attached hydrogens (tertiary/aromatic N) is 2. The molecule has 1 saturated carbocycles. The Hall–Kier alpha value is -1.25. The van der Waals surface area contributed by atoms with Gasteiger partial charge in [-0.05, 0) is 30.9 Å². The molecule has 0 unspecified atom stereocenters. The average molecular weight is 290 g/mol. The first-order valence-electron chi connectivity index (χ1n) is 8.58. The van der Waals surface area contributed by atoms with Crippen LogP contribution < -0.4 is 0 Å². The number of hydrogen-bond donors (Lipinski definition) is 0. The number of rotatable bonds is 8. The van der Waals surface area contributed by atoms with Gasteiger partial charge in [0.25, 0.3) is 0 Å². The highest BCUT2D eigenvalue weighted by molar-refractivity contribution is 5.76. The van der Waals surface area contributed by atoms with Crippen LogP contribution in [0.3, 0.4) is 0 Å². The lowest BCUT2D eigenvalue weighted by Gasteiger charge is -2.23. The Labute approximate surface area is 129 Å². The molecule has 0 saturated heterocycles. The van der Waals surface area contributed by atoms with E-state index in [2.05, 4.69) is 41.8 Å². The van der Waals surface area contributed by atoms with Gasteiger partial charge in [0.2, 0.25) is 5.91 Å². The van der Waals surface area contributed by atoms with E-state index in [9.17, 15) is 4.79 Å². The summed E-state index contributed by atoms with van der Waals surface area (Å²) in [4.78, 5) is 14.6. The van der Waals surface area contributed by atoms with Crippen LogP contribution in [0.2, 0.25) is 0 Å². The largest absolute Gasteiger partial charge is 0.353 e. The Kier molecular flexibility index (Phi) is 6.34. The van der Waals surface area contributed by atoms with E-state index in [0.717, 1.165) is 44.7 Å². The van der Waals surface area contributed by atoms with Gasteiger partial charge in [-0.15, -0.1) is 0 Å². The van der Waals surface area contributed by atoms with E-state index >= 15 is 0 Å². The first kappa shape index (κ1) is 16.1. The summed E-state index contributed by atoms with van der Waals surface area (Å²) in [5, 5.41) is 0. The minimum Gasteiger partial charge on any atom is -0.353 e. The molecule has 0 bridgehead atoms. The van der Waals surface area contributed by atoms with Gasteiger partial charge in [-0.1, -0.05) is 39.0 Å². The summed E-state index contributed by atoms with van der Waals surface area (Å²) in [6, 6.07) is 4.17. The quantitative estimate of drug-likeness (QED) is 0.707. The van der Waals surface area contributed by atoms with Gasteiger partial charge in [0.1, 0.15) is 0 Å². The Morgan fingerprint density at radius 2 is 2.14 bits per heavy atom. The van der Waals surface area contributed by atoms with Crippen LogP contribution in [0.15, 0.2) is 18.3 Å². The molecule has 1 aromatic rings. The van der Waals surface area contributed by atoms with Crippen molar-refractivity contribution in [2.24, 2.45) is 13.0 Å². The van der Waals surface area contributed by atoms with Crippen molar-refractivity contribution in [1.82, 2.24) is 9.47 Å². The number of aryl methyl sites for hydroxylation is 1. The van der Waals surface area contributed by atoms with Crippen molar-refractivity contribution >= 4 is 5.91 Å².